The molecule has 2 N–H and O–H groups in total. The minimum Gasteiger partial charge on any atom is -0.398 e. The van der Waals surface area contributed by atoms with Crippen molar-refractivity contribution in [3.05, 3.63) is 28.6 Å². The van der Waals surface area contributed by atoms with Gasteiger partial charge in [-0.2, -0.15) is 10.5 Å². The second kappa shape index (κ2) is 3.02. The van der Waals surface area contributed by atoms with Crippen molar-refractivity contribution >= 4 is 27.1 Å². The number of nitriles is 2. The van der Waals surface area contributed by atoms with E-state index < -0.39 is 0 Å². The zero-order valence-corrected chi connectivity index (χ0v) is 7.93. The van der Waals surface area contributed by atoms with E-state index in [-0.39, 0.29) is 0 Å². The minimum atomic E-state index is 0.464. The van der Waals surface area contributed by atoms with Gasteiger partial charge in [0.15, 0.2) is 0 Å². The van der Waals surface area contributed by atoms with Crippen molar-refractivity contribution in [2.75, 3.05) is 5.73 Å². The molecule has 1 heterocycles. The summed E-state index contributed by atoms with van der Waals surface area (Å²) in [6, 6.07) is 9.38. The number of thiophene rings is 1. The van der Waals surface area contributed by atoms with E-state index in [0.717, 1.165) is 10.1 Å². The molecule has 0 saturated carbocycles. The van der Waals surface area contributed by atoms with E-state index in [9.17, 15) is 0 Å². The number of nitrogens with two attached hydrogens (primary N) is 1. The van der Waals surface area contributed by atoms with E-state index >= 15 is 0 Å². The van der Waals surface area contributed by atoms with Crippen LogP contribution in [0.4, 0.5) is 5.69 Å². The topological polar surface area (TPSA) is 73.6 Å². The summed E-state index contributed by atoms with van der Waals surface area (Å²) < 4.78 is 0.795. The van der Waals surface area contributed by atoms with Gasteiger partial charge in [0.1, 0.15) is 17.0 Å². The molecule has 0 radical (unpaired) electrons. The third kappa shape index (κ3) is 1.10. The summed E-state index contributed by atoms with van der Waals surface area (Å²) in [6.07, 6.45) is 0. The number of anilines is 1. The molecule has 2 rings (SSSR count). The Hall–Kier alpha value is -2.04. The number of hydrogen-bond acceptors (Lipinski definition) is 4. The highest BCUT2D eigenvalue weighted by Crippen LogP contribution is 2.31. The summed E-state index contributed by atoms with van der Waals surface area (Å²) in [6.45, 7) is 0. The molecule has 0 atom stereocenters. The van der Waals surface area contributed by atoms with Crippen molar-refractivity contribution in [1.29, 1.82) is 10.5 Å². The van der Waals surface area contributed by atoms with E-state index in [1.54, 1.807) is 12.1 Å². The SMILES string of the molecule is N#Cc1cc2ccc(N)c(C#N)c2s1. The third-order valence-corrected chi connectivity index (χ3v) is 3.01. The highest BCUT2D eigenvalue weighted by molar-refractivity contribution is 7.19. The first-order chi connectivity index (χ1) is 6.76. The summed E-state index contributed by atoms with van der Waals surface area (Å²) in [5.41, 5.74) is 6.58. The van der Waals surface area contributed by atoms with E-state index in [2.05, 4.69) is 12.1 Å². The number of hydrogen-bond donors (Lipinski definition) is 1. The molecule has 0 saturated heterocycles. The van der Waals surface area contributed by atoms with Crippen molar-refractivity contribution in [2.45, 2.75) is 0 Å². The second-order valence-corrected chi connectivity index (χ2v) is 3.83. The van der Waals surface area contributed by atoms with Crippen LogP contribution in [0.5, 0.6) is 0 Å². The maximum absolute atomic E-state index is 8.89. The highest BCUT2D eigenvalue weighted by Gasteiger charge is 2.08. The average molecular weight is 199 g/mol. The van der Waals surface area contributed by atoms with Crippen LogP contribution in [0.3, 0.4) is 0 Å². The monoisotopic (exact) mass is 199 g/mol. The summed E-state index contributed by atoms with van der Waals surface area (Å²) >= 11 is 1.30. The average Bonchev–Trinajstić information content (AvgIpc) is 2.60. The van der Waals surface area contributed by atoms with Gasteiger partial charge in [-0.05, 0) is 17.5 Å². The van der Waals surface area contributed by atoms with Crippen LogP contribution in [0.1, 0.15) is 10.4 Å². The van der Waals surface area contributed by atoms with Crippen LogP contribution in [0.2, 0.25) is 0 Å². The van der Waals surface area contributed by atoms with E-state index in [0.29, 0.717) is 16.1 Å². The standard InChI is InChI=1S/C10H5N3S/c11-4-7-3-6-1-2-9(13)8(5-12)10(6)14-7/h1-3H,13H2. The summed E-state index contributed by atoms with van der Waals surface area (Å²) in [5.74, 6) is 0. The van der Waals surface area contributed by atoms with Crippen LogP contribution in [-0.2, 0) is 0 Å². The number of nitrogens with zero attached hydrogens (tertiary/aromatic N) is 2. The maximum Gasteiger partial charge on any atom is 0.110 e. The first-order valence-corrected chi connectivity index (χ1v) is 4.70. The minimum absolute atomic E-state index is 0.464. The Morgan fingerprint density at radius 2 is 2.00 bits per heavy atom. The lowest BCUT2D eigenvalue weighted by Gasteiger charge is -1.96. The van der Waals surface area contributed by atoms with Crippen LogP contribution in [0, 0.1) is 22.7 Å². The Balaban J connectivity index is 2.90. The molecule has 0 amide bonds. The third-order valence-electron chi connectivity index (χ3n) is 1.94. The lowest BCUT2D eigenvalue weighted by molar-refractivity contribution is 1.51. The molecule has 0 aliphatic carbocycles. The molecule has 0 aliphatic heterocycles. The smallest absolute Gasteiger partial charge is 0.110 e. The van der Waals surface area contributed by atoms with Crippen molar-refractivity contribution in [3.63, 3.8) is 0 Å². The van der Waals surface area contributed by atoms with Crippen LogP contribution < -0.4 is 5.73 Å². The normalized spacial score (nSPS) is 9.57. The molecule has 66 valence electrons. The maximum atomic E-state index is 8.89. The van der Waals surface area contributed by atoms with Crippen molar-refractivity contribution in [3.8, 4) is 12.1 Å². The lowest BCUT2D eigenvalue weighted by Crippen LogP contribution is -1.88. The van der Waals surface area contributed by atoms with Gasteiger partial charge in [0, 0.05) is 0 Å². The van der Waals surface area contributed by atoms with Gasteiger partial charge in [-0.3, -0.25) is 0 Å². The highest BCUT2D eigenvalue weighted by atomic mass is 32.1. The molecule has 0 unspecified atom stereocenters. The van der Waals surface area contributed by atoms with Gasteiger partial charge in [-0.15, -0.1) is 11.3 Å². The molecule has 0 spiro atoms. The fraction of sp³-hybridized carbons (Fsp3) is 0. The van der Waals surface area contributed by atoms with Crippen LogP contribution in [-0.4, -0.2) is 0 Å². The second-order valence-electron chi connectivity index (χ2n) is 2.78. The van der Waals surface area contributed by atoms with Crippen molar-refractivity contribution in [1.82, 2.24) is 0 Å². The lowest BCUT2D eigenvalue weighted by atomic mass is 10.1. The van der Waals surface area contributed by atoms with E-state index in [1.807, 2.05) is 6.07 Å². The largest absolute Gasteiger partial charge is 0.398 e. The number of nitrogen functional groups attached to an aromatic ring is 1. The molecule has 1 aromatic carbocycles. The van der Waals surface area contributed by atoms with Gasteiger partial charge in [0.25, 0.3) is 0 Å². The van der Waals surface area contributed by atoms with Crippen LogP contribution >= 0.6 is 11.3 Å². The number of fused-ring (bicyclic) bond motifs is 1. The van der Waals surface area contributed by atoms with Crippen LogP contribution in [0.25, 0.3) is 10.1 Å². The van der Waals surface area contributed by atoms with Gasteiger partial charge in [0.2, 0.25) is 0 Å². The molecule has 2 aromatic rings. The molecule has 1 aromatic heterocycles. The van der Waals surface area contributed by atoms with Gasteiger partial charge < -0.3 is 5.73 Å². The predicted octanol–water partition coefficient (Wildman–Crippen LogP) is 2.23. The fourth-order valence-electron chi connectivity index (χ4n) is 1.29. The first kappa shape index (κ1) is 8.55. The summed E-state index contributed by atoms with van der Waals surface area (Å²) in [4.78, 5) is 0.599. The van der Waals surface area contributed by atoms with Crippen molar-refractivity contribution in [2.24, 2.45) is 0 Å². The molecule has 0 fully saturated rings. The van der Waals surface area contributed by atoms with Gasteiger partial charge >= 0.3 is 0 Å². The molecular weight excluding hydrogens is 194 g/mol. The Bertz CT molecular complexity index is 584. The zero-order chi connectivity index (χ0) is 10.1. The van der Waals surface area contributed by atoms with E-state index in [1.165, 1.54) is 11.3 Å². The summed E-state index contributed by atoms with van der Waals surface area (Å²) in [5, 5.41) is 18.5. The molecule has 14 heavy (non-hydrogen) atoms. The molecule has 3 nitrogen and oxygen atoms in total. The predicted molar refractivity (Wildman–Crippen MR) is 55.7 cm³/mol. The fourth-order valence-corrected chi connectivity index (χ4v) is 2.25. The zero-order valence-electron chi connectivity index (χ0n) is 7.11. The van der Waals surface area contributed by atoms with Gasteiger partial charge in [-0.25, -0.2) is 0 Å². The number of benzene rings is 1. The van der Waals surface area contributed by atoms with Gasteiger partial charge in [-0.1, -0.05) is 6.07 Å². The Morgan fingerprint density at radius 1 is 1.21 bits per heavy atom. The van der Waals surface area contributed by atoms with Crippen molar-refractivity contribution < 1.29 is 0 Å². The molecule has 4 heteroatoms. The summed E-state index contributed by atoms with van der Waals surface area (Å²) in [7, 11) is 0. The quantitative estimate of drug-likeness (QED) is 0.661. The number of rotatable bonds is 0. The Labute approximate surface area is 84.6 Å². The molecular formula is C10H5N3S. The first-order valence-electron chi connectivity index (χ1n) is 3.88. The Morgan fingerprint density at radius 3 is 2.64 bits per heavy atom. The van der Waals surface area contributed by atoms with Crippen LogP contribution in [0.15, 0.2) is 18.2 Å². The van der Waals surface area contributed by atoms with Gasteiger partial charge in [0.05, 0.1) is 16.0 Å². The van der Waals surface area contributed by atoms with E-state index in [4.69, 9.17) is 16.3 Å². The molecule has 0 bridgehead atoms. The molecule has 0 aliphatic rings. The Kier molecular flexibility index (Phi) is 1.85.